The van der Waals surface area contributed by atoms with Crippen molar-refractivity contribution in [3.05, 3.63) is 58.6 Å². The Balaban J connectivity index is 1.59. The minimum absolute atomic E-state index is 0.0171. The molecule has 0 unspecified atom stereocenters. The van der Waals surface area contributed by atoms with Gasteiger partial charge in [-0.1, -0.05) is 23.7 Å². The number of thiazole rings is 1. The SMILES string of the molecule is O=C(CCc1nc2ccccc2s1)Nc1ccc(Cl)cc1. The fraction of sp³-hybridized carbons (Fsp3) is 0.125. The van der Waals surface area contributed by atoms with Crippen LogP contribution in [0.25, 0.3) is 10.2 Å². The molecule has 0 bridgehead atoms. The average Bonchev–Trinajstić information content (AvgIpc) is 2.90. The van der Waals surface area contributed by atoms with Gasteiger partial charge >= 0.3 is 0 Å². The third kappa shape index (κ3) is 3.60. The van der Waals surface area contributed by atoms with Gasteiger partial charge < -0.3 is 5.32 Å². The molecule has 21 heavy (non-hydrogen) atoms. The highest BCUT2D eigenvalue weighted by Crippen LogP contribution is 2.22. The van der Waals surface area contributed by atoms with Gasteiger partial charge in [0.05, 0.1) is 15.2 Å². The first kappa shape index (κ1) is 14.0. The van der Waals surface area contributed by atoms with Gasteiger partial charge in [-0.15, -0.1) is 11.3 Å². The van der Waals surface area contributed by atoms with Crippen molar-refractivity contribution in [1.29, 1.82) is 0 Å². The minimum Gasteiger partial charge on any atom is -0.326 e. The summed E-state index contributed by atoms with van der Waals surface area (Å²) in [6.07, 6.45) is 1.07. The Labute approximate surface area is 131 Å². The van der Waals surface area contributed by atoms with Gasteiger partial charge in [0.25, 0.3) is 0 Å². The van der Waals surface area contributed by atoms with E-state index < -0.39 is 0 Å². The van der Waals surface area contributed by atoms with Crippen LogP contribution in [0.5, 0.6) is 0 Å². The number of hydrogen-bond donors (Lipinski definition) is 1. The normalized spacial score (nSPS) is 10.7. The zero-order chi connectivity index (χ0) is 14.7. The molecule has 0 aliphatic rings. The van der Waals surface area contributed by atoms with Gasteiger partial charge in [-0.3, -0.25) is 4.79 Å². The van der Waals surface area contributed by atoms with E-state index in [1.54, 1.807) is 35.6 Å². The van der Waals surface area contributed by atoms with E-state index in [9.17, 15) is 4.79 Å². The van der Waals surface area contributed by atoms with Gasteiger partial charge in [0.2, 0.25) is 5.91 Å². The summed E-state index contributed by atoms with van der Waals surface area (Å²) in [6.45, 7) is 0. The highest BCUT2D eigenvalue weighted by atomic mass is 35.5. The van der Waals surface area contributed by atoms with Crippen LogP contribution in [0, 0.1) is 0 Å². The molecule has 3 aromatic rings. The van der Waals surface area contributed by atoms with Crippen molar-refractivity contribution in [1.82, 2.24) is 4.98 Å². The predicted molar refractivity (Wildman–Crippen MR) is 88.0 cm³/mol. The second kappa shape index (κ2) is 6.24. The van der Waals surface area contributed by atoms with Crippen molar-refractivity contribution in [2.45, 2.75) is 12.8 Å². The summed E-state index contributed by atoms with van der Waals surface area (Å²) >= 11 is 7.45. The lowest BCUT2D eigenvalue weighted by molar-refractivity contribution is -0.116. The summed E-state index contributed by atoms with van der Waals surface area (Å²) in [7, 11) is 0. The number of aryl methyl sites for hydroxylation is 1. The highest BCUT2D eigenvalue weighted by Gasteiger charge is 2.07. The molecule has 0 aliphatic carbocycles. The van der Waals surface area contributed by atoms with E-state index in [1.165, 1.54) is 0 Å². The molecular weight excluding hydrogens is 304 g/mol. The molecule has 1 amide bonds. The molecule has 1 N–H and O–H groups in total. The number of aromatic nitrogens is 1. The topological polar surface area (TPSA) is 42.0 Å². The van der Waals surface area contributed by atoms with E-state index in [2.05, 4.69) is 10.3 Å². The van der Waals surface area contributed by atoms with Crippen LogP contribution in [-0.2, 0) is 11.2 Å². The molecule has 0 aliphatic heterocycles. The first-order valence-corrected chi connectivity index (χ1v) is 7.80. The first-order valence-electron chi connectivity index (χ1n) is 6.60. The van der Waals surface area contributed by atoms with Crippen LogP contribution in [0.3, 0.4) is 0 Å². The van der Waals surface area contributed by atoms with Crippen LogP contribution < -0.4 is 5.32 Å². The molecule has 1 heterocycles. The van der Waals surface area contributed by atoms with E-state index in [0.29, 0.717) is 17.9 Å². The number of hydrogen-bond acceptors (Lipinski definition) is 3. The lowest BCUT2D eigenvalue weighted by Gasteiger charge is -2.04. The van der Waals surface area contributed by atoms with Gasteiger partial charge in [-0.2, -0.15) is 0 Å². The largest absolute Gasteiger partial charge is 0.326 e. The minimum atomic E-state index is -0.0171. The highest BCUT2D eigenvalue weighted by molar-refractivity contribution is 7.18. The summed E-state index contributed by atoms with van der Waals surface area (Å²) in [5.74, 6) is -0.0171. The lowest BCUT2D eigenvalue weighted by atomic mass is 10.2. The Morgan fingerprint density at radius 3 is 2.67 bits per heavy atom. The van der Waals surface area contributed by atoms with Gasteiger partial charge in [0, 0.05) is 23.6 Å². The van der Waals surface area contributed by atoms with E-state index in [4.69, 9.17) is 11.6 Å². The molecule has 1 aromatic heterocycles. The maximum Gasteiger partial charge on any atom is 0.224 e. The standard InChI is InChI=1S/C16H13ClN2OS/c17-11-5-7-12(8-6-11)18-15(20)9-10-16-19-13-3-1-2-4-14(13)21-16/h1-8H,9-10H2,(H,18,20). The third-order valence-corrected chi connectivity index (χ3v) is 4.38. The van der Waals surface area contributed by atoms with Crippen LogP contribution in [0.4, 0.5) is 5.69 Å². The number of halogens is 1. The van der Waals surface area contributed by atoms with Crippen molar-refractivity contribution < 1.29 is 4.79 Å². The molecule has 0 fully saturated rings. The van der Waals surface area contributed by atoms with Gasteiger partial charge in [-0.05, 0) is 36.4 Å². The number of nitrogens with zero attached hydrogens (tertiary/aromatic N) is 1. The molecular formula is C16H13ClN2OS. The monoisotopic (exact) mass is 316 g/mol. The van der Waals surface area contributed by atoms with E-state index in [1.807, 2.05) is 24.3 Å². The second-order valence-corrected chi connectivity index (χ2v) is 6.18. The van der Waals surface area contributed by atoms with Crippen molar-refractivity contribution in [2.24, 2.45) is 0 Å². The van der Waals surface area contributed by atoms with E-state index in [-0.39, 0.29) is 5.91 Å². The maximum atomic E-state index is 11.9. The molecule has 0 saturated carbocycles. The Morgan fingerprint density at radius 1 is 1.14 bits per heavy atom. The number of anilines is 1. The number of fused-ring (bicyclic) bond motifs is 1. The predicted octanol–water partition coefficient (Wildman–Crippen LogP) is 4.52. The number of benzene rings is 2. The van der Waals surface area contributed by atoms with Gasteiger partial charge in [-0.25, -0.2) is 4.98 Å². The number of carbonyl (C=O) groups excluding carboxylic acids is 1. The van der Waals surface area contributed by atoms with E-state index >= 15 is 0 Å². The van der Waals surface area contributed by atoms with Crippen molar-refractivity contribution in [2.75, 3.05) is 5.32 Å². The number of carbonyl (C=O) groups is 1. The summed E-state index contributed by atoms with van der Waals surface area (Å²) in [5, 5.41) is 4.50. The number of nitrogens with one attached hydrogen (secondary N) is 1. The van der Waals surface area contributed by atoms with Gasteiger partial charge in [0.1, 0.15) is 0 Å². The van der Waals surface area contributed by atoms with Crippen LogP contribution in [0.2, 0.25) is 5.02 Å². The third-order valence-electron chi connectivity index (χ3n) is 3.03. The Hall–Kier alpha value is -1.91. The van der Waals surface area contributed by atoms with Crippen LogP contribution >= 0.6 is 22.9 Å². The maximum absolute atomic E-state index is 11.9. The van der Waals surface area contributed by atoms with E-state index in [0.717, 1.165) is 20.9 Å². The fourth-order valence-corrected chi connectivity index (χ4v) is 3.10. The first-order chi connectivity index (χ1) is 10.2. The van der Waals surface area contributed by atoms with Gasteiger partial charge in [0.15, 0.2) is 0 Å². The number of para-hydroxylation sites is 1. The van der Waals surface area contributed by atoms with Crippen molar-refractivity contribution in [3.8, 4) is 0 Å². The molecule has 0 saturated heterocycles. The quantitative estimate of drug-likeness (QED) is 0.769. The smallest absolute Gasteiger partial charge is 0.224 e. The zero-order valence-corrected chi connectivity index (χ0v) is 12.7. The summed E-state index contributed by atoms with van der Waals surface area (Å²) in [6, 6.07) is 15.1. The Kier molecular flexibility index (Phi) is 4.18. The number of rotatable bonds is 4. The summed E-state index contributed by atoms with van der Waals surface area (Å²) in [5.41, 5.74) is 1.75. The van der Waals surface area contributed by atoms with Crippen LogP contribution in [0.15, 0.2) is 48.5 Å². The number of amides is 1. The molecule has 5 heteroatoms. The molecule has 0 radical (unpaired) electrons. The van der Waals surface area contributed by atoms with Crippen LogP contribution in [0.1, 0.15) is 11.4 Å². The average molecular weight is 317 g/mol. The zero-order valence-electron chi connectivity index (χ0n) is 11.2. The molecule has 0 spiro atoms. The second-order valence-electron chi connectivity index (χ2n) is 4.63. The van der Waals surface area contributed by atoms with Crippen LogP contribution in [-0.4, -0.2) is 10.9 Å². The van der Waals surface area contributed by atoms with Crippen molar-refractivity contribution >= 4 is 44.7 Å². The molecule has 2 aromatic carbocycles. The molecule has 0 atom stereocenters. The Bertz CT molecular complexity index is 734. The Morgan fingerprint density at radius 2 is 1.90 bits per heavy atom. The summed E-state index contributed by atoms with van der Waals surface area (Å²) in [4.78, 5) is 16.4. The fourth-order valence-electron chi connectivity index (χ4n) is 2.00. The molecule has 3 nitrogen and oxygen atoms in total. The summed E-state index contributed by atoms with van der Waals surface area (Å²) < 4.78 is 1.16. The van der Waals surface area contributed by atoms with Crippen molar-refractivity contribution in [3.63, 3.8) is 0 Å². The lowest BCUT2D eigenvalue weighted by Crippen LogP contribution is -2.12. The molecule has 106 valence electrons. The molecule has 3 rings (SSSR count).